The predicted octanol–water partition coefficient (Wildman–Crippen LogP) is 3.55. The van der Waals surface area contributed by atoms with Gasteiger partial charge in [0.05, 0.1) is 0 Å². The molecule has 0 aromatic heterocycles. The molecule has 1 aromatic rings. The van der Waals surface area contributed by atoms with Crippen LogP contribution in [0, 0.1) is 20.3 Å². The van der Waals surface area contributed by atoms with Crippen molar-refractivity contribution in [3.05, 3.63) is 44.0 Å². The van der Waals surface area contributed by atoms with E-state index in [-0.39, 0.29) is 10.4 Å². The van der Waals surface area contributed by atoms with E-state index in [0.717, 1.165) is 9.13 Å². The van der Waals surface area contributed by atoms with Crippen molar-refractivity contribution >= 4 is 51.8 Å². The fraction of sp³-hybridized carbons (Fsp3) is 0.400. The molecule has 1 aliphatic rings. The van der Waals surface area contributed by atoms with Gasteiger partial charge in [0.25, 0.3) is 0 Å². The van der Waals surface area contributed by atoms with Gasteiger partial charge in [0, 0.05) is 15.0 Å². The van der Waals surface area contributed by atoms with Gasteiger partial charge < -0.3 is 9.90 Å². The zero-order valence-electron chi connectivity index (χ0n) is 11.1. The van der Waals surface area contributed by atoms with E-state index in [2.05, 4.69) is 22.6 Å². The molecule has 1 aromatic carbocycles. The van der Waals surface area contributed by atoms with E-state index in [1.807, 2.05) is 38.1 Å². The molecule has 0 heterocycles. The Hall–Kier alpha value is -0.260. The highest BCUT2D eigenvalue weighted by atomic mass is 127. The van der Waals surface area contributed by atoms with Crippen LogP contribution in [-0.4, -0.2) is 5.97 Å². The molecular formula is C15H14Cl2IO2-. The summed E-state index contributed by atoms with van der Waals surface area (Å²) in [4.78, 5) is 11.8. The van der Waals surface area contributed by atoms with Gasteiger partial charge in [-0.2, -0.15) is 0 Å². The topological polar surface area (TPSA) is 40.1 Å². The third kappa shape index (κ3) is 2.60. The highest BCUT2D eigenvalue weighted by Gasteiger charge is 2.70. The molecule has 0 aliphatic heterocycles. The average Bonchev–Trinajstić information content (AvgIpc) is 2.76. The molecule has 2 nitrogen and oxygen atoms in total. The lowest BCUT2D eigenvalue weighted by Gasteiger charge is -2.22. The summed E-state index contributed by atoms with van der Waals surface area (Å²) in [6, 6.07) is 7.82. The molecule has 20 heavy (non-hydrogen) atoms. The van der Waals surface area contributed by atoms with Gasteiger partial charge in [-0.15, -0.1) is 0 Å². The summed E-state index contributed by atoms with van der Waals surface area (Å²) < 4.78 is 1.18. The van der Waals surface area contributed by atoms with Crippen LogP contribution >= 0.6 is 45.8 Å². The maximum atomic E-state index is 11.8. The summed E-state index contributed by atoms with van der Waals surface area (Å²) in [6.07, 6.45) is 2.04. The van der Waals surface area contributed by atoms with Crippen molar-refractivity contribution in [3.63, 3.8) is 0 Å². The van der Waals surface area contributed by atoms with Crippen molar-refractivity contribution in [3.8, 4) is 0 Å². The summed E-state index contributed by atoms with van der Waals surface area (Å²) in [5.74, 6) is -1.26. The second kappa shape index (κ2) is 5.50. The van der Waals surface area contributed by atoms with E-state index in [0.29, 0.717) is 6.42 Å². The Morgan fingerprint density at radius 2 is 2.10 bits per heavy atom. The van der Waals surface area contributed by atoms with Gasteiger partial charge in [-0.25, -0.2) is 0 Å². The van der Waals surface area contributed by atoms with Crippen molar-refractivity contribution in [2.45, 2.75) is 20.3 Å². The fourth-order valence-electron chi connectivity index (χ4n) is 3.14. The van der Waals surface area contributed by atoms with Gasteiger partial charge in [0.15, 0.2) is 0 Å². The van der Waals surface area contributed by atoms with Crippen LogP contribution in [0.5, 0.6) is 0 Å². The predicted molar refractivity (Wildman–Crippen MR) is 87.4 cm³/mol. The summed E-state index contributed by atoms with van der Waals surface area (Å²) in [7, 11) is 0. The Balaban J connectivity index is 2.38. The Bertz CT molecular complexity index is 579. The van der Waals surface area contributed by atoms with Crippen LogP contribution in [0.4, 0.5) is 0 Å². The monoisotopic (exact) mass is 423 g/mol. The number of rotatable bonds is 4. The van der Waals surface area contributed by atoms with Crippen molar-refractivity contribution in [2.75, 3.05) is 0 Å². The van der Waals surface area contributed by atoms with E-state index < -0.39 is 16.8 Å². The van der Waals surface area contributed by atoms with Crippen LogP contribution in [0.25, 0.3) is 0 Å². The maximum Gasteiger partial charge on any atom is 0.103 e. The third-order valence-electron chi connectivity index (χ3n) is 4.40. The molecule has 1 aliphatic carbocycles. The molecule has 2 atom stereocenters. The number of carboxylic acid groups (broad SMARTS) is 1. The van der Waals surface area contributed by atoms with Crippen LogP contribution in [0.3, 0.4) is 0 Å². The summed E-state index contributed by atoms with van der Waals surface area (Å²) in [5, 5.41) is 11.8. The number of hydrogen-bond donors (Lipinski definition) is 0. The number of carbonyl (C=O) groups excluding carboxylic acids is 1. The van der Waals surface area contributed by atoms with Crippen LogP contribution in [0.1, 0.15) is 19.4 Å². The van der Waals surface area contributed by atoms with Crippen LogP contribution < -0.4 is 5.11 Å². The Morgan fingerprint density at radius 3 is 2.60 bits per heavy atom. The van der Waals surface area contributed by atoms with Gasteiger partial charge in [0.1, 0.15) is 4.49 Å². The molecule has 1 saturated carbocycles. The lowest BCUT2D eigenvalue weighted by molar-refractivity contribution is -0.315. The van der Waals surface area contributed by atoms with Crippen LogP contribution in [-0.2, 0) is 11.2 Å². The first-order chi connectivity index (χ1) is 9.21. The number of carbonyl (C=O) groups is 1. The van der Waals surface area contributed by atoms with Gasteiger partial charge in [-0.05, 0) is 64.1 Å². The van der Waals surface area contributed by atoms with Crippen LogP contribution in [0.15, 0.2) is 34.8 Å². The first kappa shape index (κ1) is 16.1. The van der Waals surface area contributed by atoms with Gasteiger partial charge in [-0.3, -0.25) is 0 Å². The molecule has 5 heteroatoms. The van der Waals surface area contributed by atoms with E-state index in [1.165, 1.54) is 0 Å². The number of allylic oxidation sites excluding steroid dienone is 1. The Morgan fingerprint density at radius 1 is 1.45 bits per heavy atom. The third-order valence-corrected chi connectivity index (χ3v) is 5.33. The number of hydrogen-bond acceptors (Lipinski definition) is 2. The van der Waals surface area contributed by atoms with Crippen molar-refractivity contribution in [2.24, 2.45) is 16.7 Å². The zero-order valence-corrected chi connectivity index (χ0v) is 14.8. The second-order valence-electron chi connectivity index (χ2n) is 5.72. The summed E-state index contributed by atoms with van der Waals surface area (Å²) in [5.41, 5.74) is -0.398. The van der Waals surface area contributed by atoms with Gasteiger partial charge in [-0.1, -0.05) is 49.2 Å². The zero-order chi connectivity index (χ0) is 15.1. The molecule has 0 radical (unpaired) electrons. The quantitative estimate of drug-likeness (QED) is 0.695. The fourth-order valence-corrected chi connectivity index (χ4v) is 4.00. The van der Waals surface area contributed by atoms with E-state index in [4.69, 9.17) is 23.2 Å². The summed E-state index contributed by atoms with van der Waals surface area (Å²) >= 11 is 13.6. The first-order valence-electron chi connectivity index (χ1n) is 6.20. The van der Waals surface area contributed by atoms with Gasteiger partial charge >= 0.3 is 0 Å². The molecular weight excluding hydrogens is 410 g/mol. The van der Waals surface area contributed by atoms with E-state index in [9.17, 15) is 9.90 Å². The Kier molecular flexibility index (Phi) is 4.43. The molecule has 108 valence electrons. The van der Waals surface area contributed by atoms with Crippen molar-refractivity contribution in [1.29, 1.82) is 0 Å². The normalized spacial score (nSPS) is 26.9. The second-order valence-corrected chi connectivity index (χ2v) is 7.97. The van der Waals surface area contributed by atoms with Crippen molar-refractivity contribution < 1.29 is 9.90 Å². The number of halogens is 3. The number of carboxylic acids is 1. The van der Waals surface area contributed by atoms with Gasteiger partial charge in [0.2, 0.25) is 0 Å². The minimum absolute atomic E-state index is 0.105. The minimum atomic E-state index is -1.04. The van der Waals surface area contributed by atoms with E-state index in [1.54, 1.807) is 6.08 Å². The smallest absolute Gasteiger partial charge is 0.103 e. The molecule has 0 spiro atoms. The number of aliphatic carboxylic acids is 1. The highest BCUT2D eigenvalue weighted by molar-refractivity contribution is 14.1. The molecule has 0 unspecified atom stereocenters. The number of benzene rings is 1. The molecule has 0 amide bonds. The molecule has 0 bridgehead atoms. The minimum Gasteiger partial charge on any atom is -0.549 e. The van der Waals surface area contributed by atoms with Crippen LogP contribution in [0.2, 0.25) is 0 Å². The Labute approximate surface area is 142 Å². The molecule has 0 saturated heterocycles. The maximum absolute atomic E-state index is 11.8. The van der Waals surface area contributed by atoms with Crippen molar-refractivity contribution in [1.82, 2.24) is 0 Å². The molecule has 2 rings (SSSR count). The molecule has 0 N–H and O–H groups in total. The van der Waals surface area contributed by atoms with E-state index >= 15 is 0 Å². The lowest BCUT2D eigenvalue weighted by Crippen LogP contribution is -2.38. The molecule has 1 fully saturated rings. The standard InChI is InChI=1S/C15H15Cl2IO2/c1-14(2)11(7-12(16)17)15(14,13(19)20)8-9-4-3-5-10(18)6-9/h3-7,11H,8H2,1-2H3,(H,19,20)/p-1/t11-,15-/m0/s1. The average molecular weight is 424 g/mol. The largest absolute Gasteiger partial charge is 0.549 e. The SMILES string of the molecule is CC1(C)[C@H](C=C(Cl)Cl)[C@@]1(Cc1cccc(I)c1)C(=O)[O-]. The lowest BCUT2D eigenvalue weighted by atomic mass is 9.88. The summed E-state index contributed by atoms with van der Waals surface area (Å²) in [6.45, 7) is 3.82. The highest BCUT2D eigenvalue weighted by Crippen LogP contribution is 2.71. The first-order valence-corrected chi connectivity index (χ1v) is 8.04.